The predicted molar refractivity (Wildman–Crippen MR) is 113 cm³/mol. The molecule has 0 saturated carbocycles. The zero-order valence-electron chi connectivity index (χ0n) is 15.3. The Bertz CT molecular complexity index is 768. The molecule has 3 aliphatic heterocycles. The van der Waals surface area contributed by atoms with Crippen LogP contribution in [0, 0.1) is 11.8 Å². The molecule has 0 radical (unpaired) electrons. The normalized spacial score (nSPS) is 29.9. The van der Waals surface area contributed by atoms with Crippen LogP contribution in [0.25, 0.3) is 0 Å². The summed E-state index contributed by atoms with van der Waals surface area (Å²) in [5.41, 5.74) is 6.45. The minimum atomic E-state index is 0. The number of nitrogens with zero attached hydrogens (tertiary/aromatic N) is 1. The van der Waals surface area contributed by atoms with E-state index < -0.39 is 0 Å². The number of rotatable bonds is 2. The van der Waals surface area contributed by atoms with E-state index in [1.54, 1.807) is 21.7 Å². The average Bonchev–Trinajstić information content (AvgIpc) is 2.80. The Hall–Kier alpha value is -1.16. The van der Waals surface area contributed by atoms with Crippen molar-refractivity contribution in [3.8, 4) is 0 Å². The molecule has 1 saturated heterocycles. The van der Waals surface area contributed by atoms with Crippen molar-refractivity contribution in [1.82, 2.24) is 10.2 Å². The minimum absolute atomic E-state index is 0. The van der Waals surface area contributed by atoms with Gasteiger partial charge in [-0.3, -0.25) is 0 Å². The summed E-state index contributed by atoms with van der Waals surface area (Å²) in [6.45, 7) is 5.69. The summed E-state index contributed by atoms with van der Waals surface area (Å²) in [5.74, 6) is 1.36. The highest BCUT2D eigenvalue weighted by Crippen LogP contribution is 2.51. The largest absolute Gasteiger partial charge is 0.360 e. The number of benzene rings is 1. The number of allylic oxidation sites excluding steroid dienone is 2. The summed E-state index contributed by atoms with van der Waals surface area (Å²) in [5, 5.41) is 6.06. The van der Waals surface area contributed by atoms with Crippen molar-refractivity contribution in [2.24, 2.45) is 11.8 Å². The Labute approximate surface area is 167 Å². The fourth-order valence-corrected chi connectivity index (χ4v) is 6.17. The van der Waals surface area contributed by atoms with Crippen LogP contribution in [0.4, 0.5) is 0 Å². The van der Waals surface area contributed by atoms with Gasteiger partial charge in [-0.15, -0.1) is 24.2 Å². The van der Waals surface area contributed by atoms with Gasteiger partial charge in [0.25, 0.3) is 0 Å². The van der Waals surface area contributed by atoms with Gasteiger partial charge in [0.05, 0.1) is 11.7 Å². The standard InChI is InChI=1S/C22H26N2S.ClH/c1-15-8-9-18-19-14-23-13-17(12-16-6-3-2-4-7-16)20(19)24-10-5-11-25-22(15)21(18)24;/h2-7,11,15,17,20,23H,8-10,12-14H2,1H3;1H. The first kappa shape index (κ1) is 18.2. The van der Waals surface area contributed by atoms with Gasteiger partial charge in [0.1, 0.15) is 0 Å². The number of hydrogen-bond acceptors (Lipinski definition) is 3. The van der Waals surface area contributed by atoms with Gasteiger partial charge in [-0.25, -0.2) is 0 Å². The van der Waals surface area contributed by atoms with Crippen molar-refractivity contribution in [3.05, 3.63) is 69.1 Å². The van der Waals surface area contributed by atoms with Gasteiger partial charge in [0.15, 0.2) is 0 Å². The molecule has 3 unspecified atom stereocenters. The SMILES string of the molecule is CC1CCC2=C3CNCC(Cc4ccccc4)C3N3CC=CSC1=C23.Cl. The lowest BCUT2D eigenvalue weighted by Gasteiger charge is -2.39. The lowest BCUT2D eigenvalue weighted by molar-refractivity contribution is 0.222. The number of nitrogens with one attached hydrogen (secondary N) is 1. The number of piperidine rings is 1. The molecular formula is C22H27ClN2S. The van der Waals surface area contributed by atoms with Crippen LogP contribution in [-0.2, 0) is 6.42 Å². The fraction of sp³-hybridized carbons (Fsp3) is 0.455. The number of fused-ring (bicyclic) bond motifs is 2. The van der Waals surface area contributed by atoms with E-state index in [0.29, 0.717) is 17.9 Å². The van der Waals surface area contributed by atoms with Gasteiger partial charge in [-0.05, 0) is 53.2 Å². The topological polar surface area (TPSA) is 15.3 Å². The minimum Gasteiger partial charge on any atom is -0.360 e. The fourth-order valence-electron chi connectivity index (χ4n) is 5.14. The molecule has 0 aromatic heterocycles. The molecular weight excluding hydrogens is 360 g/mol. The Balaban J connectivity index is 0.00000168. The third-order valence-corrected chi connectivity index (χ3v) is 7.44. The lowest BCUT2D eigenvalue weighted by Crippen LogP contribution is -2.48. The zero-order chi connectivity index (χ0) is 16.8. The highest BCUT2D eigenvalue weighted by Gasteiger charge is 2.45. The first-order valence-corrected chi connectivity index (χ1v) is 10.5. The van der Waals surface area contributed by atoms with Crippen molar-refractivity contribution in [3.63, 3.8) is 0 Å². The van der Waals surface area contributed by atoms with Crippen LogP contribution in [-0.4, -0.2) is 30.6 Å². The van der Waals surface area contributed by atoms with E-state index in [9.17, 15) is 0 Å². The first-order chi connectivity index (χ1) is 12.3. The second kappa shape index (κ2) is 7.46. The van der Waals surface area contributed by atoms with Crippen molar-refractivity contribution in [1.29, 1.82) is 0 Å². The Morgan fingerprint density at radius 3 is 2.92 bits per heavy atom. The van der Waals surface area contributed by atoms with Crippen LogP contribution in [0.15, 0.2) is 63.6 Å². The van der Waals surface area contributed by atoms with Gasteiger partial charge < -0.3 is 10.2 Å². The van der Waals surface area contributed by atoms with E-state index in [2.05, 4.69) is 59.0 Å². The molecule has 1 N–H and O–H groups in total. The highest BCUT2D eigenvalue weighted by molar-refractivity contribution is 8.05. The molecule has 0 bridgehead atoms. The lowest BCUT2D eigenvalue weighted by atomic mass is 9.83. The van der Waals surface area contributed by atoms with Crippen LogP contribution >= 0.6 is 24.2 Å². The zero-order valence-corrected chi connectivity index (χ0v) is 16.9. The number of halogens is 1. The molecule has 1 aromatic rings. The molecule has 2 nitrogen and oxygen atoms in total. The smallest absolute Gasteiger partial charge is 0.0568 e. The molecule has 1 aromatic carbocycles. The second-order valence-corrected chi connectivity index (χ2v) is 8.77. The maximum atomic E-state index is 3.73. The van der Waals surface area contributed by atoms with Crippen molar-refractivity contribution in [2.75, 3.05) is 19.6 Å². The van der Waals surface area contributed by atoms with Gasteiger partial charge in [-0.2, -0.15) is 0 Å². The quantitative estimate of drug-likeness (QED) is 0.789. The monoisotopic (exact) mass is 386 g/mol. The summed E-state index contributed by atoms with van der Waals surface area (Å²) in [6, 6.07) is 11.6. The molecule has 0 amide bonds. The maximum absolute atomic E-state index is 3.73. The number of hydrogen-bond donors (Lipinski definition) is 1. The Kier molecular flexibility index (Phi) is 5.22. The molecule has 4 heteroatoms. The summed E-state index contributed by atoms with van der Waals surface area (Å²) >= 11 is 1.98. The molecule has 5 rings (SSSR count). The summed E-state index contributed by atoms with van der Waals surface area (Å²) in [7, 11) is 0. The van der Waals surface area contributed by atoms with Crippen molar-refractivity contribution < 1.29 is 0 Å². The number of thioether (sulfide) groups is 1. The van der Waals surface area contributed by atoms with Gasteiger partial charge in [0.2, 0.25) is 0 Å². The molecule has 1 aliphatic carbocycles. The molecule has 1 fully saturated rings. The molecule has 26 heavy (non-hydrogen) atoms. The molecule has 0 spiro atoms. The van der Waals surface area contributed by atoms with E-state index in [4.69, 9.17) is 0 Å². The van der Waals surface area contributed by atoms with Crippen LogP contribution in [0.2, 0.25) is 0 Å². The van der Waals surface area contributed by atoms with Crippen LogP contribution in [0.3, 0.4) is 0 Å². The van der Waals surface area contributed by atoms with E-state index in [0.717, 1.165) is 19.6 Å². The van der Waals surface area contributed by atoms with E-state index >= 15 is 0 Å². The average molecular weight is 387 g/mol. The molecule has 3 heterocycles. The summed E-state index contributed by atoms with van der Waals surface area (Å²) < 4.78 is 0. The predicted octanol–water partition coefficient (Wildman–Crippen LogP) is 4.75. The molecule has 138 valence electrons. The van der Waals surface area contributed by atoms with Crippen LogP contribution < -0.4 is 5.32 Å². The Morgan fingerprint density at radius 1 is 1.23 bits per heavy atom. The second-order valence-electron chi connectivity index (χ2n) is 7.82. The third kappa shape index (κ3) is 2.94. The highest BCUT2D eigenvalue weighted by atomic mass is 35.5. The molecule has 4 aliphatic rings. The first-order valence-electron chi connectivity index (χ1n) is 9.62. The van der Waals surface area contributed by atoms with E-state index in [1.807, 2.05) is 11.8 Å². The third-order valence-electron chi connectivity index (χ3n) is 6.26. The van der Waals surface area contributed by atoms with E-state index in [1.165, 1.54) is 24.8 Å². The van der Waals surface area contributed by atoms with Gasteiger partial charge in [-0.1, -0.05) is 43.3 Å². The van der Waals surface area contributed by atoms with Crippen LogP contribution in [0.1, 0.15) is 25.3 Å². The van der Waals surface area contributed by atoms with Crippen molar-refractivity contribution in [2.45, 2.75) is 32.2 Å². The van der Waals surface area contributed by atoms with E-state index in [-0.39, 0.29) is 12.4 Å². The van der Waals surface area contributed by atoms with Gasteiger partial charge in [0, 0.05) is 24.5 Å². The Morgan fingerprint density at radius 2 is 2.08 bits per heavy atom. The van der Waals surface area contributed by atoms with Crippen molar-refractivity contribution >= 4 is 24.2 Å². The summed E-state index contributed by atoms with van der Waals surface area (Å²) in [4.78, 5) is 4.37. The maximum Gasteiger partial charge on any atom is 0.0568 e. The molecule has 3 atom stereocenters. The summed E-state index contributed by atoms with van der Waals surface area (Å²) in [6.07, 6.45) is 6.11. The van der Waals surface area contributed by atoms with Crippen LogP contribution in [0.5, 0.6) is 0 Å². The van der Waals surface area contributed by atoms with Gasteiger partial charge >= 0.3 is 0 Å².